The number of hydrogen-bond acceptors (Lipinski definition) is 8. The highest BCUT2D eigenvalue weighted by Crippen LogP contribution is 2.63. The van der Waals surface area contributed by atoms with E-state index >= 15 is 0 Å². The van der Waals surface area contributed by atoms with Crippen molar-refractivity contribution < 1.29 is 14.4 Å². The van der Waals surface area contributed by atoms with Gasteiger partial charge in [0.15, 0.2) is 0 Å². The third kappa shape index (κ3) is 3.34. The van der Waals surface area contributed by atoms with Crippen molar-refractivity contribution in [1.29, 1.82) is 5.26 Å². The van der Waals surface area contributed by atoms with Gasteiger partial charge in [0.05, 0.1) is 46.0 Å². The number of imide groups is 1. The van der Waals surface area contributed by atoms with E-state index in [1.807, 2.05) is 26.0 Å². The number of fused-ring (bicyclic) bond motifs is 2. The maximum absolute atomic E-state index is 12.8. The molecule has 0 aromatic carbocycles. The SMILES string of the molecule is Cc1nc(C#N)cc(-c2ccnc3cc(CN4C(=O)C5C(C4=O)C5(C)C)sc23)c1NC(=O)C1CCN1. The Balaban J connectivity index is 1.38. The Kier molecular flexibility index (Phi) is 5.00. The van der Waals surface area contributed by atoms with Crippen molar-refractivity contribution in [3.05, 3.63) is 40.7 Å². The number of aryl methyl sites for hydroxylation is 1. The predicted molar refractivity (Wildman–Crippen MR) is 134 cm³/mol. The first-order chi connectivity index (χ1) is 17.2. The summed E-state index contributed by atoms with van der Waals surface area (Å²) in [6.45, 7) is 6.73. The molecule has 10 heteroatoms. The van der Waals surface area contributed by atoms with E-state index in [1.54, 1.807) is 19.2 Å². The van der Waals surface area contributed by atoms with Gasteiger partial charge in [0.25, 0.3) is 0 Å². The fraction of sp³-hybridized carbons (Fsp3) is 0.385. The molecule has 6 rings (SSSR count). The summed E-state index contributed by atoms with van der Waals surface area (Å²) in [5, 5.41) is 15.6. The second-order valence-electron chi connectivity index (χ2n) is 10.2. The zero-order valence-electron chi connectivity index (χ0n) is 20.1. The summed E-state index contributed by atoms with van der Waals surface area (Å²) in [7, 11) is 0. The number of carbonyl (C=O) groups is 3. The predicted octanol–water partition coefficient (Wildman–Crippen LogP) is 2.98. The summed E-state index contributed by atoms with van der Waals surface area (Å²) in [5.41, 5.74) is 3.33. The van der Waals surface area contributed by atoms with E-state index in [-0.39, 0.29) is 53.3 Å². The molecule has 2 N–H and O–H groups in total. The molecule has 9 nitrogen and oxygen atoms in total. The van der Waals surface area contributed by atoms with E-state index in [2.05, 4.69) is 26.7 Å². The molecule has 3 unspecified atom stereocenters. The summed E-state index contributed by atoms with van der Waals surface area (Å²) >= 11 is 1.46. The maximum Gasteiger partial charge on any atom is 0.241 e. The van der Waals surface area contributed by atoms with E-state index < -0.39 is 0 Å². The molecule has 3 amide bonds. The molecule has 2 aliphatic heterocycles. The standard InChI is InChI=1S/C26H24N6O3S/c1-12-21(31-23(33)17-5-7-28-17)16(8-13(10-27)30-12)15-4-6-29-18-9-14(36-22(15)18)11-32-24(34)19-20(25(32)35)26(19,2)3/h4,6,8-9,17,19-20,28H,5,7,11H2,1-3H3,(H,31,33). The third-order valence-electron chi connectivity index (χ3n) is 7.66. The van der Waals surface area contributed by atoms with Crippen molar-refractivity contribution in [2.45, 2.75) is 39.8 Å². The molecule has 5 heterocycles. The first-order valence-electron chi connectivity index (χ1n) is 11.9. The lowest BCUT2D eigenvalue weighted by Gasteiger charge is -2.27. The van der Waals surface area contributed by atoms with E-state index in [4.69, 9.17) is 0 Å². The minimum absolute atomic E-state index is 0.0985. The van der Waals surface area contributed by atoms with Crippen LogP contribution in [-0.4, -0.2) is 45.2 Å². The summed E-state index contributed by atoms with van der Waals surface area (Å²) in [6, 6.07) is 7.27. The number of piperidine rings is 1. The number of hydrogen-bond donors (Lipinski definition) is 2. The van der Waals surface area contributed by atoms with Crippen LogP contribution in [0, 0.1) is 35.5 Å². The fourth-order valence-electron chi connectivity index (χ4n) is 5.42. The minimum atomic E-state index is -0.245. The number of nitrogens with zero attached hydrogens (tertiary/aromatic N) is 4. The van der Waals surface area contributed by atoms with Gasteiger partial charge in [-0.25, -0.2) is 4.98 Å². The van der Waals surface area contributed by atoms with Crippen LogP contribution in [0.3, 0.4) is 0 Å². The monoisotopic (exact) mass is 500 g/mol. The Morgan fingerprint density at radius 2 is 2.00 bits per heavy atom. The summed E-state index contributed by atoms with van der Waals surface area (Å²) in [6.07, 6.45) is 2.45. The highest BCUT2D eigenvalue weighted by molar-refractivity contribution is 7.19. The average molecular weight is 501 g/mol. The van der Waals surface area contributed by atoms with Crippen molar-refractivity contribution in [2.75, 3.05) is 11.9 Å². The lowest BCUT2D eigenvalue weighted by molar-refractivity contribution is -0.143. The van der Waals surface area contributed by atoms with Crippen LogP contribution in [0.2, 0.25) is 0 Å². The van der Waals surface area contributed by atoms with Crippen LogP contribution in [0.5, 0.6) is 0 Å². The topological polar surface area (TPSA) is 128 Å². The Morgan fingerprint density at radius 3 is 2.64 bits per heavy atom. The van der Waals surface area contributed by atoms with Crippen LogP contribution in [0.1, 0.15) is 36.5 Å². The average Bonchev–Trinajstić information content (AvgIpc) is 3.05. The summed E-state index contributed by atoms with van der Waals surface area (Å²) in [5.74, 6) is -0.763. The fourth-order valence-corrected chi connectivity index (χ4v) is 6.55. The highest BCUT2D eigenvalue weighted by atomic mass is 32.1. The number of thiophene rings is 1. The Bertz CT molecular complexity index is 1490. The molecule has 0 spiro atoms. The molecule has 0 bridgehead atoms. The van der Waals surface area contributed by atoms with Crippen LogP contribution in [-0.2, 0) is 20.9 Å². The molecule has 3 fully saturated rings. The number of amides is 3. The number of pyridine rings is 2. The van der Waals surface area contributed by atoms with Gasteiger partial charge in [0.2, 0.25) is 17.7 Å². The Hall–Kier alpha value is -3.68. The smallest absolute Gasteiger partial charge is 0.241 e. The molecule has 3 aromatic rings. The van der Waals surface area contributed by atoms with Gasteiger partial charge in [-0.3, -0.25) is 24.3 Å². The van der Waals surface area contributed by atoms with E-state index in [9.17, 15) is 19.6 Å². The quantitative estimate of drug-likeness (QED) is 0.516. The number of nitrogens with one attached hydrogen (secondary N) is 2. The molecule has 182 valence electrons. The second kappa shape index (κ2) is 7.91. The van der Waals surface area contributed by atoms with Crippen LogP contribution in [0.15, 0.2) is 24.4 Å². The van der Waals surface area contributed by atoms with E-state index in [1.165, 1.54) is 16.2 Å². The van der Waals surface area contributed by atoms with Crippen molar-refractivity contribution in [2.24, 2.45) is 17.3 Å². The third-order valence-corrected chi connectivity index (χ3v) is 8.80. The lowest BCUT2D eigenvalue weighted by Crippen LogP contribution is -2.51. The molecular weight excluding hydrogens is 476 g/mol. The molecule has 3 aliphatic rings. The maximum atomic E-state index is 12.8. The largest absolute Gasteiger partial charge is 0.323 e. The van der Waals surface area contributed by atoms with Gasteiger partial charge in [-0.05, 0) is 43.5 Å². The summed E-state index contributed by atoms with van der Waals surface area (Å²) < 4.78 is 0.851. The number of anilines is 1. The van der Waals surface area contributed by atoms with Gasteiger partial charge >= 0.3 is 0 Å². The van der Waals surface area contributed by atoms with Crippen LogP contribution in [0.4, 0.5) is 5.69 Å². The highest BCUT2D eigenvalue weighted by Gasteiger charge is 2.72. The molecule has 1 saturated carbocycles. The molecule has 3 aromatic heterocycles. The van der Waals surface area contributed by atoms with Gasteiger partial charge in [-0.2, -0.15) is 5.26 Å². The van der Waals surface area contributed by atoms with E-state index in [0.29, 0.717) is 16.9 Å². The number of nitriles is 1. The number of aromatic nitrogens is 2. The number of rotatable bonds is 5. The van der Waals surface area contributed by atoms with Crippen LogP contribution in [0.25, 0.3) is 21.3 Å². The number of carbonyl (C=O) groups excluding carboxylic acids is 3. The molecule has 0 radical (unpaired) electrons. The van der Waals surface area contributed by atoms with Gasteiger partial charge in [-0.1, -0.05) is 13.8 Å². The van der Waals surface area contributed by atoms with Crippen molar-refractivity contribution >= 4 is 45.0 Å². The van der Waals surface area contributed by atoms with Crippen molar-refractivity contribution in [3.63, 3.8) is 0 Å². The minimum Gasteiger partial charge on any atom is -0.323 e. The van der Waals surface area contributed by atoms with Gasteiger partial charge in [0, 0.05) is 22.2 Å². The van der Waals surface area contributed by atoms with Crippen molar-refractivity contribution in [1.82, 2.24) is 20.2 Å². The number of likely N-dealkylation sites (tertiary alicyclic amines) is 1. The van der Waals surface area contributed by atoms with Gasteiger partial charge in [0.1, 0.15) is 11.8 Å². The van der Waals surface area contributed by atoms with Crippen LogP contribution < -0.4 is 10.6 Å². The van der Waals surface area contributed by atoms with Crippen LogP contribution >= 0.6 is 11.3 Å². The van der Waals surface area contributed by atoms with Gasteiger partial charge < -0.3 is 10.6 Å². The first-order valence-corrected chi connectivity index (χ1v) is 12.7. The lowest BCUT2D eigenvalue weighted by atomic mass is 10.0. The second-order valence-corrected chi connectivity index (χ2v) is 11.4. The molecule has 3 atom stereocenters. The molecule has 2 saturated heterocycles. The van der Waals surface area contributed by atoms with E-state index in [0.717, 1.165) is 33.6 Å². The molecule has 1 aliphatic carbocycles. The normalized spacial score (nSPS) is 23.8. The van der Waals surface area contributed by atoms with Crippen molar-refractivity contribution in [3.8, 4) is 17.2 Å². The molecular formula is C26H24N6O3S. The first kappa shape index (κ1) is 22.8. The summed E-state index contributed by atoms with van der Waals surface area (Å²) in [4.78, 5) is 49.5. The Labute approximate surface area is 211 Å². The zero-order chi connectivity index (χ0) is 25.4. The Morgan fingerprint density at radius 1 is 1.28 bits per heavy atom. The van der Waals surface area contributed by atoms with Gasteiger partial charge in [-0.15, -0.1) is 11.3 Å². The zero-order valence-corrected chi connectivity index (χ0v) is 20.9. The molecule has 36 heavy (non-hydrogen) atoms.